The van der Waals surface area contributed by atoms with Crippen molar-refractivity contribution < 1.29 is 4.79 Å². The summed E-state index contributed by atoms with van der Waals surface area (Å²) in [5, 5.41) is 7.95. The van der Waals surface area contributed by atoms with E-state index in [9.17, 15) is 4.79 Å². The molecule has 0 amide bonds. The Morgan fingerprint density at radius 3 is 2.62 bits per heavy atom. The molecule has 1 aromatic heterocycles. The summed E-state index contributed by atoms with van der Waals surface area (Å²) in [6.45, 7) is 1.95. The zero-order valence-corrected chi connectivity index (χ0v) is 10.3. The van der Waals surface area contributed by atoms with Crippen LogP contribution < -0.4 is 0 Å². The number of aldehydes is 1. The van der Waals surface area contributed by atoms with Gasteiger partial charge in [-0.2, -0.15) is 0 Å². The molecule has 1 heterocycles. The second-order valence-corrected chi connectivity index (χ2v) is 4.20. The van der Waals surface area contributed by atoms with E-state index < -0.39 is 0 Å². The molecule has 0 radical (unpaired) electrons. The van der Waals surface area contributed by atoms with Gasteiger partial charge in [-0.3, -0.25) is 4.79 Å². The van der Waals surface area contributed by atoms with Gasteiger partial charge in [0.05, 0.1) is 11.4 Å². The number of rotatable bonds is 3. The number of carbonyl (C=O) groups excluding carboxylic acids is 1. The number of hydrogen-bond acceptors (Lipinski definition) is 3. The lowest BCUT2D eigenvalue weighted by atomic mass is 10.2. The van der Waals surface area contributed by atoms with Crippen LogP contribution in [0, 0.1) is 0 Å². The summed E-state index contributed by atoms with van der Waals surface area (Å²) in [4.78, 5) is 11.0. The minimum atomic E-state index is 0.518. The van der Waals surface area contributed by atoms with E-state index in [4.69, 9.17) is 0 Å². The normalized spacial score (nSPS) is 10.4. The van der Waals surface area contributed by atoms with Gasteiger partial charge in [0, 0.05) is 4.47 Å². The van der Waals surface area contributed by atoms with E-state index in [1.165, 1.54) is 0 Å². The first-order chi connectivity index (χ1) is 7.76. The molecule has 0 N–H and O–H groups in total. The fourth-order valence-corrected chi connectivity index (χ4v) is 1.73. The van der Waals surface area contributed by atoms with Gasteiger partial charge >= 0.3 is 0 Å². The predicted molar refractivity (Wildman–Crippen MR) is 63.8 cm³/mol. The molecule has 82 valence electrons. The van der Waals surface area contributed by atoms with Crippen molar-refractivity contribution in [3.05, 3.63) is 40.1 Å². The minimum absolute atomic E-state index is 0.518. The first kappa shape index (κ1) is 11.0. The predicted octanol–water partition coefficient (Wildman–Crippen LogP) is 2.40. The summed E-state index contributed by atoms with van der Waals surface area (Å²) in [5.74, 6) is 0. The Bertz CT molecular complexity index is 504. The standard InChI is InChI=1S/C11H10BrN3O/c1-2-10-11(7-16)15(14-13-10)9-5-3-8(12)4-6-9/h3-7H,2H2,1H3. The van der Waals surface area contributed by atoms with Gasteiger partial charge in [0.2, 0.25) is 0 Å². The molecule has 1 aromatic carbocycles. The lowest BCUT2D eigenvalue weighted by Gasteiger charge is -2.02. The van der Waals surface area contributed by atoms with Crippen LogP contribution >= 0.6 is 15.9 Å². The molecule has 2 aromatic rings. The molecular formula is C11H10BrN3O. The molecule has 4 nitrogen and oxygen atoms in total. The van der Waals surface area contributed by atoms with Crippen molar-refractivity contribution >= 4 is 22.2 Å². The summed E-state index contributed by atoms with van der Waals surface area (Å²) in [5.41, 5.74) is 2.07. The Hall–Kier alpha value is -1.49. The largest absolute Gasteiger partial charge is 0.296 e. The maximum atomic E-state index is 11.0. The fraction of sp³-hybridized carbons (Fsp3) is 0.182. The Kier molecular flexibility index (Phi) is 3.14. The van der Waals surface area contributed by atoms with Crippen molar-refractivity contribution in [1.29, 1.82) is 0 Å². The van der Waals surface area contributed by atoms with Crippen LogP contribution in [0.1, 0.15) is 23.1 Å². The van der Waals surface area contributed by atoms with Gasteiger partial charge in [-0.05, 0) is 30.7 Å². The maximum absolute atomic E-state index is 11.0. The molecule has 5 heteroatoms. The van der Waals surface area contributed by atoms with E-state index >= 15 is 0 Å². The van der Waals surface area contributed by atoms with E-state index in [0.29, 0.717) is 12.1 Å². The highest BCUT2D eigenvalue weighted by molar-refractivity contribution is 9.10. The fourth-order valence-electron chi connectivity index (χ4n) is 1.46. The molecule has 0 atom stereocenters. The van der Waals surface area contributed by atoms with Crippen molar-refractivity contribution in [3.8, 4) is 5.69 Å². The summed E-state index contributed by atoms with van der Waals surface area (Å²) < 4.78 is 2.54. The van der Waals surface area contributed by atoms with Crippen LogP contribution in [0.3, 0.4) is 0 Å². The van der Waals surface area contributed by atoms with E-state index in [1.54, 1.807) is 4.68 Å². The van der Waals surface area contributed by atoms with Gasteiger partial charge in [-0.25, -0.2) is 4.68 Å². The van der Waals surface area contributed by atoms with Crippen LogP contribution in [0.2, 0.25) is 0 Å². The van der Waals surface area contributed by atoms with Crippen molar-refractivity contribution in [2.45, 2.75) is 13.3 Å². The molecule has 0 saturated carbocycles. The quantitative estimate of drug-likeness (QED) is 0.811. The average Bonchev–Trinajstić information content (AvgIpc) is 2.72. The molecule has 0 unspecified atom stereocenters. The molecule has 0 saturated heterocycles. The molecule has 0 aliphatic rings. The monoisotopic (exact) mass is 279 g/mol. The van der Waals surface area contributed by atoms with Gasteiger partial charge in [0.25, 0.3) is 0 Å². The smallest absolute Gasteiger partial charge is 0.170 e. The average molecular weight is 280 g/mol. The zero-order chi connectivity index (χ0) is 11.5. The van der Waals surface area contributed by atoms with Crippen molar-refractivity contribution in [1.82, 2.24) is 15.0 Å². The molecule has 0 aliphatic heterocycles. The number of aryl methyl sites for hydroxylation is 1. The number of carbonyl (C=O) groups is 1. The number of hydrogen-bond donors (Lipinski definition) is 0. The third kappa shape index (κ3) is 1.90. The van der Waals surface area contributed by atoms with Crippen LogP contribution in [0.15, 0.2) is 28.7 Å². The second kappa shape index (κ2) is 4.57. The molecule has 2 rings (SSSR count). The van der Waals surface area contributed by atoms with E-state index in [2.05, 4.69) is 26.2 Å². The Morgan fingerprint density at radius 2 is 2.06 bits per heavy atom. The van der Waals surface area contributed by atoms with E-state index in [-0.39, 0.29) is 0 Å². The van der Waals surface area contributed by atoms with Gasteiger partial charge in [0.15, 0.2) is 6.29 Å². The lowest BCUT2D eigenvalue weighted by molar-refractivity contribution is 0.111. The zero-order valence-electron chi connectivity index (χ0n) is 8.72. The molecule has 0 aliphatic carbocycles. The van der Waals surface area contributed by atoms with Crippen LogP contribution in [0.4, 0.5) is 0 Å². The van der Waals surface area contributed by atoms with Crippen molar-refractivity contribution in [2.24, 2.45) is 0 Å². The van der Waals surface area contributed by atoms with E-state index in [1.807, 2.05) is 31.2 Å². The second-order valence-electron chi connectivity index (χ2n) is 3.28. The first-order valence-electron chi connectivity index (χ1n) is 4.92. The molecule has 0 fully saturated rings. The highest BCUT2D eigenvalue weighted by atomic mass is 79.9. The summed E-state index contributed by atoms with van der Waals surface area (Å²) in [6.07, 6.45) is 1.49. The molecular weight excluding hydrogens is 270 g/mol. The highest BCUT2D eigenvalue weighted by Crippen LogP contribution is 2.15. The minimum Gasteiger partial charge on any atom is -0.296 e. The van der Waals surface area contributed by atoms with Crippen molar-refractivity contribution in [3.63, 3.8) is 0 Å². The van der Waals surface area contributed by atoms with Gasteiger partial charge in [0.1, 0.15) is 5.69 Å². The third-order valence-corrected chi connectivity index (χ3v) is 2.83. The summed E-state index contributed by atoms with van der Waals surface area (Å²) in [6, 6.07) is 7.56. The Morgan fingerprint density at radius 1 is 1.38 bits per heavy atom. The van der Waals surface area contributed by atoms with Gasteiger partial charge in [-0.1, -0.05) is 28.1 Å². The third-order valence-electron chi connectivity index (χ3n) is 2.30. The number of benzene rings is 1. The Labute approximate surface area is 101 Å². The lowest BCUT2D eigenvalue weighted by Crippen LogP contribution is -2.02. The number of halogens is 1. The van der Waals surface area contributed by atoms with Crippen LogP contribution in [-0.4, -0.2) is 21.3 Å². The van der Waals surface area contributed by atoms with Crippen LogP contribution in [-0.2, 0) is 6.42 Å². The Balaban J connectivity index is 2.51. The number of aromatic nitrogens is 3. The SMILES string of the molecule is CCc1nnn(-c2ccc(Br)cc2)c1C=O. The molecule has 0 spiro atoms. The number of nitrogens with zero attached hydrogens (tertiary/aromatic N) is 3. The van der Waals surface area contributed by atoms with Crippen molar-refractivity contribution in [2.75, 3.05) is 0 Å². The van der Waals surface area contributed by atoms with Crippen LogP contribution in [0.25, 0.3) is 5.69 Å². The highest BCUT2D eigenvalue weighted by Gasteiger charge is 2.11. The topological polar surface area (TPSA) is 47.8 Å². The summed E-state index contributed by atoms with van der Waals surface area (Å²) in [7, 11) is 0. The van der Waals surface area contributed by atoms with E-state index in [0.717, 1.165) is 22.1 Å². The molecule has 16 heavy (non-hydrogen) atoms. The van der Waals surface area contributed by atoms with Gasteiger partial charge in [-0.15, -0.1) is 5.10 Å². The maximum Gasteiger partial charge on any atom is 0.170 e. The van der Waals surface area contributed by atoms with Crippen LogP contribution in [0.5, 0.6) is 0 Å². The molecule has 0 bridgehead atoms. The van der Waals surface area contributed by atoms with Gasteiger partial charge < -0.3 is 0 Å². The first-order valence-corrected chi connectivity index (χ1v) is 5.71. The summed E-state index contributed by atoms with van der Waals surface area (Å²) >= 11 is 3.36.